The van der Waals surface area contributed by atoms with Crippen LogP contribution in [0.25, 0.3) is 0 Å². The molecule has 0 spiro atoms. The topological polar surface area (TPSA) is 44.4 Å². The highest BCUT2D eigenvalue weighted by atomic mass is 15.3. The second-order valence-corrected chi connectivity index (χ2v) is 12.8. The number of rotatable bonds is 9. The van der Waals surface area contributed by atoms with Crippen LogP contribution < -0.4 is 11.2 Å². The Hall–Kier alpha value is -3.54. The van der Waals surface area contributed by atoms with Gasteiger partial charge in [0.05, 0.1) is 0 Å². The van der Waals surface area contributed by atoms with Crippen LogP contribution in [0.1, 0.15) is 126 Å². The van der Waals surface area contributed by atoms with Crippen molar-refractivity contribution in [2.75, 3.05) is 0 Å². The Labute approximate surface area is 253 Å². The Morgan fingerprint density at radius 2 is 0.643 bits per heavy atom. The smallest absolute Gasteiger partial charge is 0.206 e. The summed E-state index contributed by atoms with van der Waals surface area (Å²) in [5.41, 5.74) is 9.36. The van der Waals surface area contributed by atoms with Crippen molar-refractivity contribution in [2.24, 2.45) is 9.98 Å². The molecule has 0 amide bonds. The van der Waals surface area contributed by atoms with Crippen LogP contribution in [-0.2, 0) is 0 Å². The Bertz CT molecular complexity index is 1430. The van der Waals surface area contributed by atoms with E-state index in [0.29, 0.717) is 0 Å². The molecular weight excluding hydrogens is 516 g/mol. The monoisotopic (exact) mass is 568 g/mol. The van der Waals surface area contributed by atoms with Gasteiger partial charge in [-0.25, -0.2) is 9.98 Å². The van der Waals surface area contributed by atoms with E-state index in [4.69, 9.17) is 9.98 Å². The van der Waals surface area contributed by atoms with E-state index in [1.54, 1.807) is 0 Å². The van der Waals surface area contributed by atoms with Gasteiger partial charge in [0.1, 0.15) is 12.1 Å². The van der Waals surface area contributed by atoms with Crippen molar-refractivity contribution in [3.05, 3.63) is 106 Å². The minimum atomic E-state index is -0.235. The highest BCUT2D eigenvalue weighted by Gasteiger charge is 2.28. The minimum Gasteiger partial charge on any atom is -0.312 e. The lowest BCUT2D eigenvalue weighted by Gasteiger charge is -2.24. The van der Waals surface area contributed by atoms with Crippen molar-refractivity contribution in [3.63, 3.8) is 0 Å². The molecule has 0 aliphatic carbocycles. The number of imidazole rings is 2. The van der Waals surface area contributed by atoms with Gasteiger partial charge in [-0.3, -0.25) is 0 Å². The fourth-order valence-electron chi connectivity index (χ4n) is 6.46. The quantitative estimate of drug-likeness (QED) is 0.195. The molecule has 2 atom stereocenters. The van der Waals surface area contributed by atoms with Crippen molar-refractivity contribution >= 4 is 0 Å². The number of hydrogen-bond donors (Lipinski definition) is 0. The number of aromatic nitrogens is 4. The fourth-order valence-corrected chi connectivity index (χ4v) is 6.46. The first kappa shape index (κ1) is 31.4. The summed E-state index contributed by atoms with van der Waals surface area (Å²) in [6.45, 7) is 26.9. The maximum Gasteiger partial charge on any atom is 0.206 e. The van der Waals surface area contributed by atoms with Crippen LogP contribution in [0, 0.1) is 27.7 Å². The SMILES string of the molecule is Cc1c(C)n(C(C)C)c(=N[C@H](c2ccccc2)[C@H](N=c2n(C(C)C)c(C)c(C)n2C(C)C)c2ccccc2)n1C(C)C. The van der Waals surface area contributed by atoms with Gasteiger partial charge in [-0.1, -0.05) is 60.7 Å². The third-order valence-corrected chi connectivity index (χ3v) is 8.51. The molecule has 0 aliphatic heterocycles. The molecule has 4 aromatic rings. The van der Waals surface area contributed by atoms with Crippen LogP contribution in [0.5, 0.6) is 0 Å². The largest absolute Gasteiger partial charge is 0.312 e. The lowest BCUT2D eigenvalue weighted by Crippen LogP contribution is -2.33. The first-order chi connectivity index (χ1) is 19.9. The van der Waals surface area contributed by atoms with E-state index in [-0.39, 0.29) is 36.3 Å². The molecule has 6 nitrogen and oxygen atoms in total. The molecule has 2 aromatic heterocycles. The van der Waals surface area contributed by atoms with E-state index >= 15 is 0 Å². The van der Waals surface area contributed by atoms with Crippen LogP contribution in [0.4, 0.5) is 0 Å². The van der Waals surface area contributed by atoms with Crippen molar-refractivity contribution < 1.29 is 0 Å². The minimum absolute atomic E-state index is 0.235. The predicted molar refractivity (Wildman–Crippen MR) is 175 cm³/mol. The summed E-state index contributed by atoms with van der Waals surface area (Å²) < 4.78 is 9.58. The molecule has 0 N–H and O–H groups in total. The van der Waals surface area contributed by atoms with E-state index < -0.39 is 0 Å². The van der Waals surface area contributed by atoms with Crippen molar-refractivity contribution in [1.82, 2.24) is 18.3 Å². The van der Waals surface area contributed by atoms with Gasteiger partial charge in [-0.2, -0.15) is 0 Å². The highest BCUT2D eigenvalue weighted by molar-refractivity contribution is 5.29. The van der Waals surface area contributed by atoms with Crippen LogP contribution >= 0.6 is 0 Å². The van der Waals surface area contributed by atoms with Crippen LogP contribution in [0.2, 0.25) is 0 Å². The molecule has 6 heteroatoms. The molecule has 0 aliphatic rings. The van der Waals surface area contributed by atoms with Crippen molar-refractivity contribution in [1.29, 1.82) is 0 Å². The van der Waals surface area contributed by atoms with Crippen LogP contribution in [-0.4, -0.2) is 18.3 Å². The molecule has 2 aromatic carbocycles. The normalized spacial score (nSPS) is 13.4. The summed E-state index contributed by atoms with van der Waals surface area (Å²) in [5, 5.41) is 0. The zero-order valence-corrected chi connectivity index (χ0v) is 27.9. The Kier molecular flexibility index (Phi) is 9.54. The van der Waals surface area contributed by atoms with Gasteiger partial charge in [0.15, 0.2) is 0 Å². The summed E-state index contributed by atoms with van der Waals surface area (Å²) in [6, 6.07) is 22.1. The van der Waals surface area contributed by atoms with E-state index in [1.807, 2.05) is 0 Å². The van der Waals surface area contributed by atoms with Gasteiger partial charge in [0.25, 0.3) is 0 Å². The van der Waals surface area contributed by atoms with Gasteiger partial charge < -0.3 is 18.3 Å². The van der Waals surface area contributed by atoms with Gasteiger partial charge in [0, 0.05) is 46.9 Å². The average molecular weight is 569 g/mol. The molecule has 0 radical (unpaired) electrons. The zero-order valence-electron chi connectivity index (χ0n) is 27.9. The highest BCUT2D eigenvalue weighted by Crippen LogP contribution is 2.35. The fraction of sp³-hybridized carbons (Fsp3) is 0.500. The lowest BCUT2D eigenvalue weighted by molar-refractivity contribution is 0.447. The lowest BCUT2D eigenvalue weighted by atomic mass is 9.94. The third kappa shape index (κ3) is 5.86. The summed E-state index contributed by atoms with van der Waals surface area (Å²) in [5.74, 6) is 0. The van der Waals surface area contributed by atoms with Crippen molar-refractivity contribution in [3.8, 4) is 0 Å². The van der Waals surface area contributed by atoms with Gasteiger partial charge in [0.2, 0.25) is 11.2 Å². The molecule has 42 heavy (non-hydrogen) atoms. The summed E-state index contributed by atoms with van der Waals surface area (Å²) in [6.07, 6.45) is 0. The summed E-state index contributed by atoms with van der Waals surface area (Å²) in [4.78, 5) is 11.4. The van der Waals surface area contributed by atoms with E-state index in [0.717, 1.165) is 22.4 Å². The molecule has 4 rings (SSSR count). The molecule has 0 fully saturated rings. The van der Waals surface area contributed by atoms with E-state index in [2.05, 4.69) is 162 Å². The first-order valence-electron chi connectivity index (χ1n) is 15.6. The number of hydrogen-bond acceptors (Lipinski definition) is 2. The summed E-state index contributed by atoms with van der Waals surface area (Å²) >= 11 is 0. The second-order valence-electron chi connectivity index (χ2n) is 12.8. The average Bonchev–Trinajstić information content (AvgIpc) is 3.35. The third-order valence-electron chi connectivity index (χ3n) is 8.51. The number of benzene rings is 2. The maximum atomic E-state index is 5.72. The molecule has 226 valence electrons. The predicted octanol–water partition coefficient (Wildman–Crippen LogP) is 8.43. The summed E-state index contributed by atoms with van der Waals surface area (Å²) in [7, 11) is 0. The second kappa shape index (κ2) is 12.8. The standard InChI is InChI=1S/C36H52N6/c1-23(2)39-27(9)28(10)40(24(3)4)35(39)37-33(31-19-15-13-16-20-31)34(32-21-17-14-18-22-32)38-36-41(25(5)6)29(11)30(12)42(36)26(7)8/h13-26,33-34H,1-12H3/t33-,34-/m1/s1. The molecule has 2 heterocycles. The van der Waals surface area contributed by atoms with Crippen molar-refractivity contribution in [2.45, 2.75) is 119 Å². The van der Waals surface area contributed by atoms with Crippen LogP contribution in [0.3, 0.4) is 0 Å². The number of nitrogens with zero attached hydrogens (tertiary/aromatic N) is 6. The van der Waals surface area contributed by atoms with Gasteiger partial charge in [-0.05, 0) is 94.2 Å². The van der Waals surface area contributed by atoms with E-state index in [9.17, 15) is 0 Å². The zero-order chi connectivity index (χ0) is 30.9. The molecule has 0 bridgehead atoms. The first-order valence-corrected chi connectivity index (χ1v) is 15.6. The Morgan fingerprint density at radius 3 is 0.857 bits per heavy atom. The Morgan fingerprint density at radius 1 is 0.405 bits per heavy atom. The maximum absolute atomic E-state index is 5.72. The Balaban J connectivity index is 2.19. The molecule has 0 saturated heterocycles. The molecular formula is C36H52N6. The van der Waals surface area contributed by atoms with E-state index in [1.165, 1.54) is 22.8 Å². The van der Waals surface area contributed by atoms with Gasteiger partial charge in [-0.15, -0.1) is 0 Å². The molecule has 0 saturated carbocycles. The van der Waals surface area contributed by atoms with Crippen LogP contribution in [0.15, 0.2) is 70.6 Å². The van der Waals surface area contributed by atoms with Gasteiger partial charge >= 0.3 is 0 Å². The molecule has 0 unspecified atom stereocenters.